The first kappa shape index (κ1) is 26.5. The van der Waals surface area contributed by atoms with E-state index >= 15 is 0 Å². The highest BCUT2D eigenvalue weighted by molar-refractivity contribution is 7.89. The van der Waals surface area contributed by atoms with Crippen molar-refractivity contribution in [3.63, 3.8) is 0 Å². The minimum Gasteiger partial charge on any atom is -0.269 e. The fraction of sp³-hybridized carbons (Fsp3) is 0.208. The number of thiophene rings is 1. The summed E-state index contributed by atoms with van der Waals surface area (Å²) in [6, 6.07) is 19.3. The van der Waals surface area contributed by atoms with E-state index in [4.69, 9.17) is 0 Å². The predicted molar refractivity (Wildman–Crippen MR) is 145 cm³/mol. The molecule has 3 N–H and O–H groups in total. The van der Waals surface area contributed by atoms with E-state index in [1.165, 1.54) is 17.4 Å². The molecule has 0 aliphatic rings. The Morgan fingerprint density at radius 3 is 2.39 bits per heavy atom. The Morgan fingerprint density at radius 2 is 1.67 bits per heavy atom. The molecule has 4 rings (SSSR count). The van der Waals surface area contributed by atoms with Crippen LogP contribution < -0.4 is 9.44 Å². The Hall–Kier alpha value is -2.61. The third-order valence-corrected chi connectivity index (χ3v) is 9.18. The van der Waals surface area contributed by atoms with Crippen LogP contribution in [0.3, 0.4) is 0 Å². The summed E-state index contributed by atoms with van der Waals surface area (Å²) in [5, 5.41) is 4.53. The van der Waals surface area contributed by atoms with Crippen LogP contribution in [0.1, 0.15) is 29.3 Å². The van der Waals surface area contributed by atoms with Crippen LogP contribution in [0.25, 0.3) is 9.88 Å². The molecule has 36 heavy (non-hydrogen) atoms. The second kappa shape index (κ2) is 11.6. The van der Waals surface area contributed by atoms with Gasteiger partial charge in [0.15, 0.2) is 0 Å². The quantitative estimate of drug-likeness (QED) is 0.210. The molecule has 1 atom stereocenters. The Kier molecular flexibility index (Phi) is 8.54. The molecule has 2 aromatic carbocycles. The smallest absolute Gasteiger partial charge is 0.269 e. The molecule has 1 unspecified atom stereocenters. The third-order valence-electron chi connectivity index (χ3n) is 5.33. The molecule has 2 aromatic heterocycles. The number of hydrogen-bond acceptors (Lipinski definition) is 7. The summed E-state index contributed by atoms with van der Waals surface area (Å²) in [6.45, 7) is 0. The van der Waals surface area contributed by atoms with Gasteiger partial charge in [-0.3, -0.25) is 9.27 Å². The second-order valence-corrected chi connectivity index (χ2v) is 12.9. The number of benzene rings is 2. The lowest BCUT2D eigenvalue weighted by Gasteiger charge is -2.19. The Morgan fingerprint density at radius 1 is 0.917 bits per heavy atom. The minimum absolute atomic E-state index is 0.0643. The molecule has 8 nitrogen and oxygen atoms in total. The molecule has 0 spiro atoms. The average molecular weight is 564 g/mol. The van der Waals surface area contributed by atoms with Gasteiger partial charge in [-0.15, -0.1) is 22.7 Å². The largest absolute Gasteiger partial charge is 0.357 e. The molecule has 2 heterocycles. The van der Waals surface area contributed by atoms with Gasteiger partial charge >= 0.3 is 10.3 Å². The van der Waals surface area contributed by atoms with Crippen LogP contribution in [-0.4, -0.2) is 32.1 Å². The van der Waals surface area contributed by atoms with Crippen LogP contribution in [0.15, 0.2) is 77.5 Å². The van der Waals surface area contributed by atoms with Gasteiger partial charge in [-0.05, 0) is 47.9 Å². The third kappa shape index (κ3) is 7.69. The number of thiazole rings is 1. The second-order valence-electron chi connectivity index (χ2n) is 8.07. The molecule has 190 valence electrons. The maximum Gasteiger partial charge on any atom is 0.357 e. The van der Waals surface area contributed by atoms with Crippen LogP contribution in [0.5, 0.6) is 0 Å². The van der Waals surface area contributed by atoms with Crippen molar-refractivity contribution in [3.05, 3.63) is 94.3 Å². The van der Waals surface area contributed by atoms with Gasteiger partial charge in [-0.2, -0.15) is 8.42 Å². The fourth-order valence-corrected chi connectivity index (χ4v) is 7.15. The Labute approximate surface area is 219 Å². The monoisotopic (exact) mass is 563 g/mol. The lowest BCUT2D eigenvalue weighted by Crippen LogP contribution is -2.32. The van der Waals surface area contributed by atoms with Crippen molar-refractivity contribution in [2.45, 2.75) is 25.3 Å². The van der Waals surface area contributed by atoms with Crippen molar-refractivity contribution in [3.8, 4) is 9.88 Å². The molecule has 4 aromatic rings. The molecule has 0 saturated heterocycles. The lowest BCUT2D eigenvalue weighted by molar-refractivity contribution is 0.489. The lowest BCUT2D eigenvalue weighted by atomic mass is 10.0. The van der Waals surface area contributed by atoms with Gasteiger partial charge in [-0.25, -0.2) is 18.1 Å². The summed E-state index contributed by atoms with van der Waals surface area (Å²) in [5.74, 6) is -0.0643. The fourth-order valence-electron chi connectivity index (χ4n) is 3.71. The zero-order valence-corrected chi connectivity index (χ0v) is 22.3. The number of aryl methyl sites for hydroxylation is 1. The molecule has 0 aliphatic heterocycles. The SMILES string of the molecule is O=S(=O)(O)Nc1ccccc1CC(NS(=O)(=O)CCCc1ccccc1)c1csc(-c2cccs2)n1. The van der Waals surface area contributed by atoms with Gasteiger partial charge < -0.3 is 0 Å². The normalized spacial score (nSPS) is 12.9. The predicted octanol–water partition coefficient (Wildman–Crippen LogP) is 4.92. The topological polar surface area (TPSA) is 125 Å². The van der Waals surface area contributed by atoms with Crippen molar-refractivity contribution in [2.24, 2.45) is 0 Å². The zero-order valence-electron chi connectivity index (χ0n) is 19.1. The first-order valence-electron chi connectivity index (χ1n) is 11.0. The van der Waals surface area contributed by atoms with E-state index in [2.05, 4.69) is 14.4 Å². The van der Waals surface area contributed by atoms with Crippen molar-refractivity contribution in [1.29, 1.82) is 0 Å². The molecular weight excluding hydrogens is 539 g/mol. The average Bonchev–Trinajstić information content (AvgIpc) is 3.52. The van der Waals surface area contributed by atoms with Gasteiger partial charge in [0.25, 0.3) is 0 Å². The Bertz CT molecular complexity index is 1490. The van der Waals surface area contributed by atoms with E-state index < -0.39 is 26.4 Å². The molecule has 0 radical (unpaired) electrons. The first-order chi connectivity index (χ1) is 17.2. The van der Waals surface area contributed by atoms with E-state index in [0.29, 0.717) is 24.1 Å². The molecular formula is C24H25N3O5S4. The summed E-state index contributed by atoms with van der Waals surface area (Å²) in [4.78, 5) is 5.66. The van der Waals surface area contributed by atoms with E-state index in [1.54, 1.807) is 29.5 Å². The van der Waals surface area contributed by atoms with Crippen molar-refractivity contribution in [2.75, 3.05) is 10.5 Å². The molecule has 0 fully saturated rings. The number of rotatable bonds is 12. The van der Waals surface area contributed by atoms with E-state index in [1.807, 2.05) is 53.2 Å². The van der Waals surface area contributed by atoms with Gasteiger partial charge in [0.1, 0.15) is 5.01 Å². The molecule has 0 amide bonds. The molecule has 0 bridgehead atoms. The summed E-state index contributed by atoms with van der Waals surface area (Å²) in [6.07, 6.45) is 1.21. The van der Waals surface area contributed by atoms with Gasteiger partial charge in [0.05, 0.1) is 28.1 Å². The summed E-state index contributed by atoms with van der Waals surface area (Å²) in [7, 11) is -8.18. The van der Waals surface area contributed by atoms with E-state index in [-0.39, 0.29) is 17.9 Å². The van der Waals surface area contributed by atoms with Gasteiger partial charge in [0, 0.05) is 5.38 Å². The number of hydrogen-bond donors (Lipinski definition) is 3. The summed E-state index contributed by atoms with van der Waals surface area (Å²) in [5.41, 5.74) is 2.28. The number of aromatic nitrogens is 1. The van der Waals surface area contributed by atoms with Gasteiger partial charge in [0.2, 0.25) is 10.0 Å². The summed E-state index contributed by atoms with van der Waals surface area (Å²) < 4.78 is 63.1. The minimum atomic E-state index is -4.50. The van der Waals surface area contributed by atoms with Crippen molar-refractivity contribution >= 4 is 48.7 Å². The van der Waals surface area contributed by atoms with E-state index in [0.717, 1.165) is 15.4 Å². The van der Waals surface area contributed by atoms with Crippen LogP contribution in [0.4, 0.5) is 5.69 Å². The Balaban J connectivity index is 1.57. The zero-order chi connectivity index (χ0) is 25.6. The van der Waals surface area contributed by atoms with Crippen molar-refractivity contribution < 1.29 is 21.4 Å². The van der Waals surface area contributed by atoms with Gasteiger partial charge in [-0.1, -0.05) is 54.6 Å². The maximum absolute atomic E-state index is 13.1. The number of nitrogens with zero attached hydrogens (tertiary/aromatic N) is 1. The highest BCUT2D eigenvalue weighted by atomic mass is 32.2. The molecule has 0 aliphatic carbocycles. The number of para-hydroxylation sites is 1. The van der Waals surface area contributed by atoms with E-state index in [9.17, 15) is 21.4 Å². The highest BCUT2D eigenvalue weighted by Crippen LogP contribution is 2.32. The van der Waals surface area contributed by atoms with Crippen LogP contribution >= 0.6 is 22.7 Å². The maximum atomic E-state index is 13.1. The molecule has 12 heteroatoms. The van der Waals surface area contributed by atoms with Crippen LogP contribution in [0, 0.1) is 0 Å². The number of nitrogens with one attached hydrogen (secondary N) is 2. The highest BCUT2D eigenvalue weighted by Gasteiger charge is 2.24. The number of sulfonamides is 1. The standard InChI is InChI=1S/C24H25N3O5S4/c28-35(29,15-7-10-18-8-2-1-3-9-18)26-21(22-17-34-24(25-22)23-13-6-14-33-23)16-19-11-4-5-12-20(19)27-36(30,31)32/h1-6,8-9,11-14,17,21,26-27H,7,10,15-16H2,(H,30,31,32). The number of anilines is 1. The van der Waals surface area contributed by atoms with Crippen LogP contribution in [0.2, 0.25) is 0 Å². The van der Waals surface area contributed by atoms with Crippen molar-refractivity contribution in [1.82, 2.24) is 9.71 Å². The first-order valence-corrected chi connectivity index (χ1v) is 15.9. The summed E-state index contributed by atoms with van der Waals surface area (Å²) >= 11 is 2.96. The van der Waals surface area contributed by atoms with Crippen LogP contribution in [-0.2, 0) is 33.2 Å². The molecule has 0 saturated carbocycles.